The van der Waals surface area contributed by atoms with Crippen molar-refractivity contribution >= 4 is 15.8 Å². The van der Waals surface area contributed by atoms with E-state index in [0.29, 0.717) is 30.0 Å². The summed E-state index contributed by atoms with van der Waals surface area (Å²) in [5.41, 5.74) is 0. The maximum Gasteiger partial charge on any atom is 0.194 e. The molecule has 0 amide bonds. The van der Waals surface area contributed by atoms with E-state index >= 15 is 0 Å². The van der Waals surface area contributed by atoms with Gasteiger partial charge in [0, 0.05) is 51.9 Å². The van der Waals surface area contributed by atoms with Crippen molar-refractivity contribution in [2.45, 2.75) is 32.7 Å². The zero-order valence-electron chi connectivity index (χ0n) is 16.2. The standard InChI is InChI=1S/C18H34N4O3S/c1-15(2)20-18(19-11-16-4-10-26(23,24)14-16)22-7-5-21(6-8-22)12-17-3-9-25-13-17/h15-17H,3-14H2,1-2H3,(H,19,20). The average molecular weight is 387 g/mol. The molecule has 0 aromatic carbocycles. The van der Waals surface area contributed by atoms with Crippen molar-refractivity contribution < 1.29 is 13.2 Å². The second kappa shape index (κ2) is 8.89. The Kier molecular flexibility index (Phi) is 6.80. The van der Waals surface area contributed by atoms with E-state index in [4.69, 9.17) is 9.73 Å². The summed E-state index contributed by atoms with van der Waals surface area (Å²) in [4.78, 5) is 9.65. The van der Waals surface area contributed by atoms with Gasteiger partial charge in [-0.05, 0) is 38.5 Å². The molecule has 8 heteroatoms. The SMILES string of the molecule is CC(C)NC(=NCC1CCS(=O)(=O)C1)N1CCN(CC2CCOC2)CC1. The van der Waals surface area contributed by atoms with E-state index in [2.05, 4.69) is 29.0 Å². The molecule has 3 saturated heterocycles. The van der Waals surface area contributed by atoms with Crippen LogP contribution in [0.2, 0.25) is 0 Å². The lowest BCUT2D eigenvalue weighted by molar-refractivity contribution is 0.139. The molecular formula is C18H34N4O3S. The van der Waals surface area contributed by atoms with Gasteiger partial charge in [-0.1, -0.05) is 0 Å². The zero-order valence-corrected chi connectivity index (χ0v) is 17.0. The summed E-state index contributed by atoms with van der Waals surface area (Å²) in [5, 5.41) is 3.47. The molecule has 0 bridgehead atoms. The summed E-state index contributed by atoms with van der Waals surface area (Å²) < 4.78 is 28.8. The Morgan fingerprint density at radius 2 is 1.96 bits per heavy atom. The average Bonchev–Trinajstić information content (AvgIpc) is 3.21. The largest absolute Gasteiger partial charge is 0.381 e. The van der Waals surface area contributed by atoms with Crippen LogP contribution in [-0.4, -0.2) is 94.2 Å². The predicted octanol–water partition coefficient (Wildman–Crippen LogP) is 0.429. The van der Waals surface area contributed by atoms with Gasteiger partial charge in [0.1, 0.15) is 0 Å². The molecule has 0 radical (unpaired) electrons. The third-order valence-electron chi connectivity index (χ3n) is 5.46. The van der Waals surface area contributed by atoms with E-state index in [-0.39, 0.29) is 5.92 Å². The first kappa shape index (κ1) is 19.9. The van der Waals surface area contributed by atoms with Crippen molar-refractivity contribution in [1.82, 2.24) is 15.1 Å². The fourth-order valence-corrected chi connectivity index (χ4v) is 5.81. The van der Waals surface area contributed by atoms with Gasteiger partial charge < -0.3 is 15.0 Å². The molecule has 0 aromatic rings. The minimum Gasteiger partial charge on any atom is -0.381 e. The van der Waals surface area contributed by atoms with Crippen LogP contribution >= 0.6 is 0 Å². The molecule has 3 heterocycles. The first-order chi connectivity index (χ1) is 12.4. The van der Waals surface area contributed by atoms with E-state index in [9.17, 15) is 8.42 Å². The number of piperazine rings is 1. The van der Waals surface area contributed by atoms with Gasteiger partial charge in [-0.25, -0.2) is 8.42 Å². The van der Waals surface area contributed by atoms with Crippen LogP contribution in [0.1, 0.15) is 26.7 Å². The lowest BCUT2D eigenvalue weighted by Gasteiger charge is -2.38. The Balaban J connectivity index is 1.51. The van der Waals surface area contributed by atoms with Crippen molar-refractivity contribution in [3.05, 3.63) is 0 Å². The van der Waals surface area contributed by atoms with Crippen molar-refractivity contribution in [2.24, 2.45) is 16.8 Å². The van der Waals surface area contributed by atoms with E-state index in [1.54, 1.807) is 0 Å². The van der Waals surface area contributed by atoms with E-state index in [0.717, 1.165) is 58.3 Å². The number of aliphatic imine (C=N–C) groups is 1. The molecule has 3 fully saturated rings. The van der Waals surface area contributed by atoms with Gasteiger partial charge >= 0.3 is 0 Å². The highest BCUT2D eigenvalue weighted by Crippen LogP contribution is 2.19. The number of rotatable bonds is 5. The molecule has 2 atom stereocenters. The van der Waals surface area contributed by atoms with E-state index in [1.807, 2.05) is 0 Å². The third-order valence-corrected chi connectivity index (χ3v) is 7.29. The molecule has 150 valence electrons. The highest BCUT2D eigenvalue weighted by Gasteiger charge is 2.28. The molecule has 0 aliphatic carbocycles. The van der Waals surface area contributed by atoms with Gasteiger partial charge in [0.2, 0.25) is 0 Å². The Hall–Kier alpha value is -0.860. The maximum atomic E-state index is 11.7. The molecule has 7 nitrogen and oxygen atoms in total. The van der Waals surface area contributed by atoms with Crippen LogP contribution in [-0.2, 0) is 14.6 Å². The summed E-state index contributed by atoms with van der Waals surface area (Å²) in [5.74, 6) is 2.42. The van der Waals surface area contributed by atoms with Gasteiger partial charge in [-0.3, -0.25) is 9.89 Å². The third kappa shape index (κ3) is 5.82. The summed E-state index contributed by atoms with van der Waals surface area (Å²) in [6, 6.07) is 0.315. The molecular weight excluding hydrogens is 352 g/mol. The topological polar surface area (TPSA) is 74.2 Å². The molecule has 3 aliphatic heterocycles. The fraction of sp³-hybridized carbons (Fsp3) is 0.944. The Labute approximate surface area is 158 Å². The van der Waals surface area contributed by atoms with Crippen LogP contribution in [0.5, 0.6) is 0 Å². The van der Waals surface area contributed by atoms with Crippen molar-refractivity contribution in [3.63, 3.8) is 0 Å². The summed E-state index contributed by atoms with van der Waals surface area (Å²) >= 11 is 0. The first-order valence-electron chi connectivity index (χ1n) is 9.98. The molecule has 2 unspecified atom stereocenters. The number of nitrogens with zero attached hydrogens (tertiary/aromatic N) is 3. The van der Waals surface area contributed by atoms with Crippen LogP contribution in [0, 0.1) is 11.8 Å². The monoisotopic (exact) mass is 386 g/mol. The number of hydrogen-bond acceptors (Lipinski definition) is 5. The minimum atomic E-state index is -2.83. The van der Waals surface area contributed by atoms with Gasteiger partial charge in [-0.15, -0.1) is 0 Å². The number of hydrogen-bond donors (Lipinski definition) is 1. The first-order valence-corrected chi connectivity index (χ1v) is 11.8. The predicted molar refractivity (Wildman–Crippen MR) is 104 cm³/mol. The van der Waals surface area contributed by atoms with Gasteiger partial charge in [0.15, 0.2) is 15.8 Å². The van der Waals surface area contributed by atoms with Crippen LogP contribution < -0.4 is 5.32 Å². The summed E-state index contributed by atoms with van der Waals surface area (Å²) in [6.45, 7) is 11.8. The second-order valence-electron chi connectivity index (χ2n) is 8.25. The van der Waals surface area contributed by atoms with Crippen LogP contribution in [0.25, 0.3) is 0 Å². The van der Waals surface area contributed by atoms with Gasteiger partial charge in [-0.2, -0.15) is 0 Å². The number of nitrogens with one attached hydrogen (secondary N) is 1. The second-order valence-corrected chi connectivity index (χ2v) is 10.5. The van der Waals surface area contributed by atoms with Gasteiger partial charge in [0.25, 0.3) is 0 Å². The number of guanidine groups is 1. The molecule has 26 heavy (non-hydrogen) atoms. The zero-order chi connectivity index (χ0) is 18.6. The highest BCUT2D eigenvalue weighted by molar-refractivity contribution is 7.91. The van der Waals surface area contributed by atoms with E-state index < -0.39 is 9.84 Å². The lowest BCUT2D eigenvalue weighted by atomic mass is 10.1. The van der Waals surface area contributed by atoms with Crippen LogP contribution in [0.15, 0.2) is 4.99 Å². The maximum absolute atomic E-state index is 11.7. The van der Waals surface area contributed by atoms with Crippen molar-refractivity contribution in [2.75, 3.05) is 64.0 Å². The molecule has 0 saturated carbocycles. The summed E-state index contributed by atoms with van der Waals surface area (Å²) in [7, 11) is -2.83. The van der Waals surface area contributed by atoms with Crippen LogP contribution in [0.3, 0.4) is 0 Å². The molecule has 1 N–H and O–H groups in total. The summed E-state index contributed by atoms with van der Waals surface area (Å²) in [6.07, 6.45) is 1.93. The molecule has 0 spiro atoms. The van der Waals surface area contributed by atoms with E-state index in [1.165, 1.54) is 6.42 Å². The Bertz CT molecular complexity index is 579. The number of ether oxygens (including phenoxy) is 1. The molecule has 3 aliphatic rings. The molecule has 3 rings (SSSR count). The lowest BCUT2D eigenvalue weighted by Crippen LogP contribution is -2.54. The quantitative estimate of drug-likeness (QED) is 0.546. The highest BCUT2D eigenvalue weighted by atomic mass is 32.2. The number of sulfone groups is 1. The van der Waals surface area contributed by atoms with Crippen molar-refractivity contribution in [3.8, 4) is 0 Å². The smallest absolute Gasteiger partial charge is 0.194 e. The Morgan fingerprint density at radius 3 is 2.54 bits per heavy atom. The van der Waals surface area contributed by atoms with Crippen LogP contribution in [0.4, 0.5) is 0 Å². The molecule has 0 aromatic heterocycles. The Morgan fingerprint density at radius 1 is 1.19 bits per heavy atom. The fourth-order valence-electron chi connectivity index (χ4n) is 3.96. The minimum absolute atomic E-state index is 0.174. The van der Waals surface area contributed by atoms with Gasteiger partial charge in [0.05, 0.1) is 18.1 Å². The normalized spacial score (nSPS) is 30.3. The van der Waals surface area contributed by atoms with Crippen molar-refractivity contribution in [1.29, 1.82) is 0 Å².